The molecule has 96 valence electrons. The summed E-state index contributed by atoms with van der Waals surface area (Å²) in [6.07, 6.45) is 6.84. The SMILES string of the molecule is CCCn1ccnc1Cc1ncnc(Cl)c1OC. The molecule has 0 atom stereocenters. The minimum Gasteiger partial charge on any atom is -0.492 e. The van der Waals surface area contributed by atoms with Crippen LogP contribution in [0, 0.1) is 0 Å². The lowest BCUT2D eigenvalue weighted by molar-refractivity contribution is 0.405. The summed E-state index contributed by atoms with van der Waals surface area (Å²) in [4.78, 5) is 12.5. The van der Waals surface area contributed by atoms with Crippen molar-refractivity contribution in [1.82, 2.24) is 19.5 Å². The molecule has 0 spiro atoms. The summed E-state index contributed by atoms with van der Waals surface area (Å²) >= 11 is 5.97. The normalized spacial score (nSPS) is 10.6. The van der Waals surface area contributed by atoms with E-state index in [1.807, 2.05) is 6.20 Å². The van der Waals surface area contributed by atoms with E-state index < -0.39 is 0 Å². The third-order valence-electron chi connectivity index (χ3n) is 2.63. The summed E-state index contributed by atoms with van der Waals surface area (Å²) in [7, 11) is 1.56. The molecule has 0 saturated carbocycles. The van der Waals surface area contributed by atoms with E-state index in [1.165, 1.54) is 6.33 Å². The number of imidazole rings is 1. The summed E-state index contributed by atoms with van der Waals surface area (Å²) in [5.74, 6) is 1.47. The molecule has 0 fully saturated rings. The first-order valence-corrected chi connectivity index (χ1v) is 6.17. The highest BCUT2D eigenvalue weighted by Crippen LogP contribution is 2.25. The first kappa shape index (κ1) is 12.8. The molecule has 0 aromatic carbocycles. The van der Waals surface area contributed by atoms with Gasteiger partial charge in [0.25, 0.3) is 0 Å². The second-order valence-corrected chi connectivity index (χ2v) is 4.22. The van der Waals surface area contributed by atoms with E-state index in [9.17, 15) is 0 Å². The number of nitrogens with zero attached hydrogens (tertiary/aromatic N) is 4. The van der Waals surface area contributed by atoms with Gasteiger partial charge in [-0.15, -0.1) is 0 Å². The second-order valence-electron chi connectivity index (χ2n) is 3.86. The molecule has 2 rings (SSSR count). The maximum atomic E-state index is 5.97. The van der Waals surface area contributed by atoms with E-state index in [0.717, 1.165) is 24.5 Å². The van der Waals surface area contributed by atoms with E-state index >= 15 is 0 Å². The monoisotopic (exact) mass is 266 g/mol. The molecule has 6 heteroatoms. The van der Waals surface area contributed by atoms with Gasteiger partial charge in [-0.25, -0.2) is 15.0 Å². The van der Waals surface area contributed by atoms with Gasteiger partial charge in [0, 0.05) is 18.9 Å². The molecule has 0 aliphatic carbocycles. The van der Waals surface area contributed by atoms with Crippen LogP contribution in [0.15, 0.2) is 18.7 Å². The molecule has 0 unspecified atom stereocenters. The van der Waals surface area contributed by atoms with Crippen LogP contribution < -0.4 is 4.74 Å². The van der Waals surface area contributed by atoms with Crippen LogP contribution >= 0.6 is 11.6 Å². The maximum absolute atomic E-state index is 5.97. The van der Waals surface area contributed by atoms with E-state index in [2.05, 4.69) is 26.4 Å². The Labute approximate surface area is 111 Å². The largest absolute Gasteiger partial charge is 0.492 e. The van der Waals surface area contributed by atoms with Crippen LogP contribution in [0.4, 0.5) is 0 Å². The van der Waals surface area contributed by atoms with Crippen LogP contribution in [-0.2, 0) is 13.0 Å². The zero-order valence-electron chi connectivity index (χ0n) is 10.4. The van der Waals surface area contributed by atoms with E-state index in [-0.39, 0.29) is 0 Å². The van der Waals surface area contributed by atoms with Crippen LogP contribution in [0.1, 0.15) is 24.9 Å². The molecule has 18 heavy (non-hydrogen) atoms. The molecule has 5 nitrogen and oxygen atoms in total. The van der Waals surface area contributed by atoms with E-state index in [4.69, 9.17) is 16.3 Å². The van der Waals surface area contributed by atoms with Gasteiger partial charge >= 0.3 is 0 Å². The molecule has 0 aliphatic heterocycles. The minimum absolute atomic E-state index is 0.330. The molecular weight excluding hydrogens is 252 g/mol. The average Bonchev–Trinajstić information content (AvgIpc) is 2.78. The lowest BCUT2D eigenvalue weighted by Gasteiger charge is -2.09. The van der Waals surface area contributed by atoms with Crippen LogP contribution in [0.3, 0.4) is 0 Å². The molecule has 2 heterocycles. The van der Waals surface area contributed by atoms with Gasteiger partial charge in [0.05, 0.1) is 19.2 Å². The standard InChI is InChI=1S/C12H15ClN4O/c1-3-5-17-6-4-14-10(17)7-9-11(18-2)12(13)16-8-15-9/h4,6,8H,3,5,7H2,1-2H3. The molecular formula is C12H15ClN4O. The Bertz CT molecular complexity index is 527. The third-order valence-corrected chi connectivity index (χ3v) is 2.90. The number of hydrogen-bond donors (Lipinski definition) is 0. The lowest BCUT2D eigenvalue weighted by Crippen LogP contribution is -2.06. The number of aromatic nitrogens is 4. The van der Waals surface area contributed by atoms with Crippen LogP contribution in [0.2, 0.25) is 5.15 Å². The molecule has 0 aliphatic rings. The summed E-state index contributed by atoms with van der Waals surface area (Å²) in [6, 6.07) is 0. The Kier molecular flexibility index (Phi) is 4.15. The zero-order chi connectivity index (χ0) is 13.0. The quantitative estimate of drug-likeness (QED) is 0.780. The van der Waals surface area contributed by atoms with Crippen molar-refractivity contribution in [2.75, 3.05) is 7.11 Å². The fraction of sp³-hybridized carbons (Fsp3) is 0.417. The highest BCUT2D eigenvalue weighted by atomic mass is 35.5. The molecule has 0 amide bonds. The van der Waals surface area contributed by atoms with Gasteiger partial charge in [-0.3, -0.25) is 0 Å². The first-order valence-electron chi connectivity index (χ1n) is 5.79. The fourth-order valence-corrected chi connectivity index (χ4v) is 2.04. The molecule has 0 saturated heterocycles. The summed E-state index contributed by atoms with van der Waals surface area (Å²) in [6.45, 7) is 3.07. The Morgan fingerprint density at radius 2 is 2.17 bits per heavy atom. The van der Waals surface area contributed by atoms with Crippen molar-refractivity contribution in [2.24, 2.45) is 0 Å². The molecule has 0 radical (unpaired) electrons. The summed E-state index contributed by atoms with van der Waals surface area (Å²) in [5.41, 5.74) is 0.751. The first-order chi connectivity index (χ1) is 8.76. The lowest BCUT2D eigenvalue weighted by atomic mass is 10.2. The van der Waals surface area contributed by atoms with E-state index in [1.54, 1.807) is 13.3 Å². The van der Waals surface area contributed by atoms with Crippen molar-refractivity contribution >= 4 is 11.6 Å². The number of halogens is 1. The number of hydrogen-bond acceptors (Lipinski definition) is 4. The van der Waals surface area contributed by atoms with Crippen LogP contribution in [0.25, 0.3) is 0 Å². The Hall–Kier alpha value is -1.62. The van der Waals surface area contributed by atoms with Crippen LogP contribution in [-0.4, -0.2) is 26.6 Å². The minimum atomic E-state index is 0.330. The number of rotatable bonds is 5. The van der Waals surface area contributed by atoms with Crippen molar-refractivity contribution in [3.05, 3.63) is 35.4 Å². The van der Waals surface area contributed by atoms with Crippen molar-refractivity contribution in [2.45, 2.75) is 26.3 Å². The molecule has 2 aromatic heterocycles. The van der Waals surface area contributed by atoms with Crippen molar-refractivity contribution in [3.8, 4) is 5.75 Å². The molecule has 2 aromatic rings. The highest BCUT2D eigenvalue weighted by molar-refractivity contribution is 6.30. The molecule has 0 N–H and O–H groups in total. The number of ether oxygens (including phenoxy) is 1. The topological polar surface area (TPSA) is 52.8 Å². The number of aryl methyl sites for hydroxylation is 1. The molecule has 0 bridgehead atoms. The Morgan fingerprint density at radius 3 is 2.89 bits per heavy atom. The third kappa shape index (κ3) is 2.61. The number of methoxy groups -OCH3 is 1. The van der Waals surface area contributed by atoms with Crippen molar-refractivity contribution in [1.29, 1.82) is 0 Å². The van der Waals surface area contributed by atoms with Gasteiger partial charge < -0.3 is 9.30 Å². The Balaban J connectivity index is 2.28. The van der Waals surface area contributed by atoms with Gasteiger partial charge in [0.2, 0.25) is 0 Å². The fourth-order valence-electron chi connectivity index (χ4n) is 1.82. The summed E-state index contributed by atoms with van der Waals surface area (Å²) < 4.78 is 7.34. The van der Waals surface area contributed by atoms with Crippen molar-refractivity contribution in [3.63, 3.8) is 0 Å². The summed E-state index contributed by atoms with van der Waals surface area (Å²) in [5, 5.41) is 0.330. The highest BCUT2D eigenvalue weighted by Gasteiger charge is 2.13. The van der Waals surface area contributed by atoms with Crippen molar-refractivity contribution < 1.29 is 4.74 Å². The van der Waals surface area contributed by atoms with Crippen LogP contribution in [0.5, 0.6) is 5.75 Å². The maximum Gasteiger partial charge on any atom is 0.178 e. The van der Waals surface area contributed by atoms with Gasteiger partial charge in [-0.1, -0.05) is 18.5 Å². The van der Waals surface area contributed by atoms with E-state index in [0.29, 0.717) is 17.3 Å². The predicted molar refractivity (Wildman–Crippen MR) is 68.9 cm³/mol. The van der Waals surface area contributed by atoms with Gasteiger partial charge in [-0.05, 0) is 6.42 Å². The Morgan fingerprint density at radius 1 is 1.33 bits per heavy atom. The van der Waals surface area contributed by atoms with Gasteiger partial charge in [-0.2, -0.15) is 0 Å². The van der Waals surface area contributed by atoms with Gasteiger partial charge in [0.1, 0.15) is 12.2 Å². The van der Waals surface area contributed by atoms with Gasteiger partial charge in [0.15, 0.2) is 10.9 Å². The zero-order valence-corrected chi connectivity index (χ0v) is 11.2. The smallest absolute Gasteiger partial charge is 0.178 e. The predicted octanol–water partition coefficient (Wildman–Crippen LogP) is 2.34. The average molecular weight is 267 g/mol. The second kappa shape index (κ2) is 5.82.